The highest BCUT2D eigenvalue weighted by Gasteiger charge is 2.14. The van der Waals surface area contributed by atoms with Crippen molar-refractivity contribution in [1.82, 2.24) is 9.55 Å². The van der Waals surface area contributed by atoms with Gasteiger partial charge in [-0.25, -0.2) is 4.98 Å². The van der Waals surface area contributed by atoms with E-state index in [0.717, 1.165) is 16.4 Å². The van der Waals surface area contributed by atoms with Crippen LogP contribution in [0.15, 0.2) is 60.0 Å². The van der Waals surface area contributed by atoms with Gasteiger partial charge >= 0.3 is 0 Å². The van der Waals surface area contributed by atoms with Crippen LogP contribution in [-0.4, -0.2) is 35.3 Å². The van der Waals surface area contributed by atoms with E-state index < -0.39 is 0 Å². The molecule has 0 aliphatic carbocycles. The molecule has 0 fully saturated rings. The van der Waals surface area contributed by atoms with Crippen molar-refractivity contribution in [1.29, 1.82) is 0 Å². The van der Waals surface area contributed by atoms with E-state index in [4.69, 9.17) is 9.47 Å². The fraction of sp³-hybridized carbons (Fsp3) is 0.200. The molecule has 0 bridgehead atoms. The van der Waals surface area contributed by atoms with Gasteiger partial charge in [0.05, 0.1) is 25.7 Å². The number of thioether (sulfide) groups is 1. The zero-order chi connectivity index (χ0) is 18.5. The Morgan fingerprint density at radius 1 is 1.12 bits per heavy atom. The van der Waals surface area contributed by atoms with E-state index in [1.54, 1.807) is 38.6 Å². The third-order valence-electron chi connectivity index (χ3n) is 4.02. The number of rotatable bonds is 7. The van der Waals surface area contributed by atoms with Crippen LogP contribution >= 0.6 is 11.8 Å². The van der Waals surface area contributed by atoms with Crippen molar-refractivity contribution in [3.8, 4) is 17.2 Å². The minimum absolute atomic E-state index is 0.00952. The second-order valence-corrected chi connectivity index (χ2v) is 6.59. The van der Waals surface area contributed by atoms with E-state index in [1.807, 2.05) is 29.0 Å². The lowest BCUT2D eigenvalue weighted by atomic mass is 10.1. The van der Waals surface area contributed by atoms with Gasteiger partial charge in [-0.05, 0) is 36.8 Å². The van der Waals surface area contributed by atoms with Crippen LogP contribution in [0.4, 0.5) is 0 Å². The molecule has 6 heteroatoms. The highest BCUT2D eigenvalue weighted by Crippen LogP contribution is 2.29. The summed E-state index contributed by atoms with van der Waals surface area (Å²) in [5, 5.41) is 0.785. The number of Topliss-reactive ketones (excluding diaryl/α,β-unsaturated/α-hetero) is 1. The number of para-hydroxylation sites is 1. The Morgan fingerprint density at radius 2 is 1.88 bits per heavy atom. The third kappa shape index (κ3) is 3.75. The van der Waals surface area contributed by atoms with Crippen molar-refractivity contribution < 1.29 is 14.3 Å². The number of ketones is 1. The first kappa shape index (κ1) is 18.1. The largest absolute Gasteiger partial charge is 0.493 e. The minimum Gasteiger partial charge on any atom is -0.493 e. The fourth-order valence-corrected chi connectivity index (χ4v) is 3.50. The van der Waals surface area contributed by atoms with Gasteiger partial charge in [-0.15, -0.1) is 0 Å². The van der Waals surface area contributed by atoms with Crippen LogP contribution in [-0.2, 0) is 0 Å². The molecule has 0 radical (unpaired) electrons. The molecule has 1 aromatic heterocycles. The highest BCUT2D eigenvalue weighted by molar-refractivity contribution is 7.99. The molecule has 0 spiro atoms. The maximum atomic E-state index is 12.6. The lowest BCUT2D eigenvalue weighted by Gasteiger charge is -2.11. The molecule has 0 saturated carbocycles. The Hall–Kier alpha value is -2.73. The van der Waals surface area contributed by atoms with E-state index in [1.165, 1.54) is 11.8 Å². The topological polar surface area (TPSA) is 53.3 Å². The number of imidazole rings is 1. The standard InChI is InChI=1S/C20H20N2O3S/c1-14-6-4-5-7-16(14)22-11-10-21-20(22)26-13-17(23)15-8-9-18(24-2)19(12-15)25-3/h4-12H,13H2,1-3H3. The number of ether oxygens (including phenoxy) is 2. The summed E-state index contributed by atoms with van der Waals surface area (Å²) in [5.74, 6) is 1.45. The molecule has 134 valence electrons. The van der Waals surface area contributed by atoms with Crippen LogP contribution in [0, 0.1) is 6.92 Å². The first-order valence-electron chi connectivity index (χ1n) is 8.11. The maximum Gasteiger partial charge on any atom is 0.173 e. The van der Waals surface area contributed by atoms with E-state index in [2.05, 4.69) is 18.0 Å². The number of aryl methyl sites for hydroxylation is 1. The SMILES string of the molecule is COc1ccc(C(=O)CSc2nccn2-c2ccccc2C)cc1OC. The number of hydrogen-bond acceptors (Lipinski definition) is 5. The van der Waals surface area contributed by atoms with E-state index >= 15 is 0 Å². The predicted molar refractivity (Wildman–Crippen MR) is 103 cm³/mol. The molecular weight excluding hydrogens is 348 g/mol. The molecule has 0 aliphatic rings. The summed E-state index contributed by atoms with van der Waals surface area (Å²) in [6.45, 7) is 2.05. The van der Waals surface area contributed by atoms with Gasteiger partial charge in [0.1, 0.15) is 0 Å². The molecule has 0 amide bonds. The molecule has 1 heterocycles. The van der Waals surface area contributed by atoms with E-state index in [-0.39, 0.29) is 5.78 Å². The first-order valence-corrected chi connectivity index (χ1v) is 9.10. The number of aromatic nitrogens is 2. The Balaban J connectivity index is 1.75. The van der Waals surface area contributed by atoms with Gasteiger partial charge in [-0.2, -0.15) is 0 Å². The third-order valence-corrected chi connectivity index (χ3v) is 4.99. The van der Waals surface area contributed by atoms with Crippen LogP contribution in [0.3, 0.4) is 0 Å². The van der Waals surface area contributed by atoms with E-state index in [9.17, 15) is 4.79 Å². The molecule has 0 atom stereocenters. The molecule has 3 aromatic rings. The molecular formula is C20H20N2O3S. The molecule has 0 saturated heterocycles. The zero-order valence-corrected chi connectivity index (χ0v) is 15.7. The van der Waals surface area contributed by atoms with Crippen LogP contribution in [0.1, 0.15) is 15.9 Å². The molecule has 2 aromatic carbocycles. The number of benzene rings is 2. The Bertz CT molecular complexity index is 921. The molecule has 0 unspecified atom stereocenters. The average molecular weight is 368 g/mol. The van der Waals surface area contributed by atoms with Crippen molar-refractivity contribution in [2.24, 2.45) is 0 Å². The van der Waals surface area contributed by atoms with Crippen molar-refractivity contribution in [3.63, 3.8) is 0 Å². The number of nitrogens with zero attached hydrogens (tertiary/aromatic N) is 2. The van der Waals surface area contributed by atoms with E-state index in [0.29, 0.717) is 22.8 Å². The monoisotopic (exact) mass is 368 g/mol. The number of hydrogen-bond donors (Lipinski definition) is 0. The van der Waals surface area contributed by atoms with Crippen LogP contribution in [0.25, 0.3) is 5.69 Å². The molecule has 0 aliphatic heterocycles. The fourth-order valence-electron chi connectivity index (χ4n) is 2.64. The Morgan fingerprint density at radius 3 is 2.62 bits per heavy atom. The number of carbonyl (C=O) groups is 1. The molecule has 26 heavy (non-hydrogen) atoms. The van der Waals surface area contributed by atoms with Crippen LogP contribution < -0.4 is 9.47 Å². The van der Waals surface area contributed by atoms with Crippen molar-refractivity contribution in [2.75, 3.05) is 20.0 Å². The van der Waals surface area contributed by atoms with Gasteiger partial charge in [-0.1, -0.05) is 30.0 Å². The quantitative estimate of drug-likeness (QED) is 0.463. The summed E-state index contributed by atoms with van der Waals surface area (Å²) in [4.78, 5) is 17.0. The van der Waals surface area contributed by atoms with Crippen molar-refractivity contribution in [3.05, 3.63) is 66.0 Å². The van der Waals surface area contributed by atoms with Crippen LogP contribution in [0.5, 0.6) is 11.5 Å². The smallest absolute Gasteiger partial charge is 0.173 e. The van der Waals surface area contributed by atoms with Crippen molar-refractivity contribution >= 4 is 17.5 Å². The lowest BCUT2D eigenvalue weighted by molar-refractivity contribution is 0.102. The summed E-state index contributed by atoms with van der Waals surface area (Å²) >= 11 is 1.41. The second kappa shape index (κ2) is 8.10. The second-order valence-electron chi connectivity index (χ2n) is 5.65. The Kier molecular flexibility index (Phi) is 5.63. The first-order chi connectivity index (χ1) is 12.6. The lowest BCUT2D eigenvalue weighted by Crippen LogP contribution is -2.05. The molecule has 0 N–H and O–H groups in total. The van der Waals surface area contributed by atoms with Gasteiger partial charge in [0, 0.05) is 18.0 Å². The van der Waals surface area contributed by atoms with Crippen molar-refractivity contribution in [2.45, 2.75) is 12.1 Å². The zero-order valence-electron chi connectivity index (χ0n) is 14.9. The van der Waals surface area contributed by atoms with Gasteiger partial charge in [0.15, 0.2) is 22.4 Å². The summed E-state index contributed by atoms with van der Waals surface area (Å²) in [7, 11) is 3.13. The molecule has 3 rings (SSSR count). The highest BCUT2D eigenvalue weighted by atomic mass is 32.2. The number of carbonyl (C=O) groups excluding carboxylic acids is 1. The summed E-state index contributed by atoms with van der Waals surface area (Å²) in [6, 6.07) is 13.3. The van der Waals surface area contributed by atoms with Crippen LogP contribution in [0.2, 0.25) is 0 Å². The summed E-state index contributed by atoms with van der Waals surface area (Å²) in [6.07, 6.45) is 3.65. The van der Waals surface area contributed by atoms with Gasteiger partial charge in [0.2, 0.25) is 0 Å². The predicted octanol–water partition coefficient (Wildman–Crippen LogP) is 4.17. The van der Waals surface area contributed by atoms with Gasteiger partial charge < -0.3 is 9.47 Å². The van der Waals surface area contributed by atoms with Gasteiger partial charge in [-0.3, -0.25) is 9.36 Å². The number of methoxy groups -OCH3 is 2. The molecule has 5 nitrogen and oxygen atoms in total. The maximum absolute atomic E-state index is 12.6. The summed E-state index contributed by atoms with van der Waals surface area (Å²) in [5.41, 5.74) is 2.80. The normalized spacial score (nSPS) is 10.6. The minimum atomic E-state index is 0.00952. The Labute approximate surface area is 157 Å². The van der Waals surface area contributed by atoms with Gasteiger partial charge in [0.25, 0.3) is 0 Å². The summed E-state index contributed by atoms with van der Waals surface area (Å²) < 4.78 is 12.5. The average Bonchev–Trinajstić information content (AvgIpc) is 3.14.